The van der Waals surface area contributed by atoms with E-state index in [1.165, 1.54) is 26.2 Å². The van der Waals surface area contributed by atoms with Crippen molar-refractivity contribution in [3.8, 4) is 0 Å². The average Bonchev–Trinajstić information content (AvgIpc) is 2.44. The van der Waals surface area contributed by atoms with Gasteiger partial charge in [0.25, 0.3) is 0 Å². The minimum atomic E-state index is -0.126. The Morgan fingerprint density at radius 3 is 2.67 bits per heavy atom. The first-order valence-corrected chi connectivity index (χ1v) is 5.41. The van der Waals surface area contributed by atoms with Crippen molar-refractivity contribution in [3.05, 3.63) is 0 Å². The minimum absolute atomic E-state index is 0.126. The van der Waals surface area contributed by atoms with Crippen LogP contribution in [0.15, 0.2) is 0 Å². The Balaban J connectivity index is 2.03. The highest BCUT2D eigenvalue weighted by molar-refractivity contribution is 9.09. The molecule has 0 aliphatic heterocycles. The molecule has 2 bridgehead atoms. The lowest BCUT2D eigenvalue weighted by molar-refractivity contribution is -0.148. The van der Waals surface area contributed by atoms with Crippen LogP contribution in [0, 0.1) is 11.8 Å². The van der Waals surface area contributed by atoms with Gasteiger partial charge in [0.05, 0.1) is 0 Å². The predicted molar refractivity (Wildman–Crippen MR) is 49.1 cm³/mol. The largest absolute Gasteiger partial charge is 0.462 e. The molecule has 2 nitrogen and oxygen atoms in total. The zero-order valence-corrected chi connectivity index (χ0v) is 8.71. The first-order valence-electron chi connectivity index (χ1n) is 4.50. The normalized spacial score (nSPS) is 44.8. The van der Waals surface area contributed by atoms with Gasteiger partial charge in [0.2, 0.25) is 0 Å². The first-order chi connectivity index (χ1) is 5.68. The summed E-state index contributed by atoms with van der Waals surface area (Å²) in [6, 6.07) is 0. The summed E-state index contributed by atoms with van der Waals surface area (Å²) in [4.78, 5) is 11.4. The van der Waals surface area contributed by atoms with Gasteiger partial charge in [-0.15, -0.1) is 0 Å². The molecular formula is C9H13BrO2. The number of halogens is 1. The maximum atomic E-state index is 10.8. The monoisotopic (exact) mass is 232 g/mol. The lowest BCUT2D eigenvalue weighted by Crippen LogP contribution is -2.22. The van der Waals surface area contributed by atoms with Gasteiger partial charge in [-0.3, -0.25) is 4.79 Å². The van der Waals surface area contributed by atoms with E-state index in [4.69, 9.17) is 4.74 Å². The average molecular weight is 233 g/mol. The van der Waals surface area contributed by atoms with Gasteiger partial charge in [0.1, 0.15) is 6.10 Å². The standard InChI is InChI=1S/C9H13BrO2/c1-5(11)12-9-6-2-3-7(9)8(10)4-6/h6-9H,2-4H2,1H3. The van der Waals surface area contributed by atoms with Gasteiger partial charge in [0, 0.05) is 17.7 Å². The van der Waals surface area contributed by atoms with Crippen molar-refractivity contribution in [1.29, 1.82) is 0 Å². The summed E-state index contributed by atoms with van der Waals surface area (Å²) in [5.41, 5.74) is 0. The molecule has 0 aromatic rings. The molecule has 0 saturated heterocycles. The van der Waals surface area contributed by atoms with E-state index in [-0.39, 0.29) is 12.1 Å². The summed E-state index contributed by atoms with van der Waals surface area (Å²) < 4.78 is 5.30. The summed E-state index contributed by atoms with van der Waals surface area (Å²) in [5, 5.41) is 0. The van der Waals surface area contributed by atoms with Crippen LogP contribution in [0.3, 0.4) is 0 Å². The number of esters is 1. The fourth-order valence-corrected chi connectivity index (χ4v) is 3.61. The zero-order valence-electron chi connectivity index (χ0n) is 7.13. The van der Waals surface area contributed by atoms with Gasteiger partial charge in [-0.25, -0.2) is 0 Å². The second-order valence-electron chi connectivity index (χ2n) is 3.83. The van der Waals surface area contributed by atoms with E-state index in [1.54, 1.807) is 0 Å². The smallest absolute Gasteiger partial charge is 0.302 e. The fraction of sp³-hybridized carbons (Fsp3) is 0.889. The number of hydrogen-bond acceptors (Lipinski definition) is 2. The van der Waals surface area contributed by atoms with E-state index < -0.39 is 0 Å². The highest BCUT2D eigenvalue weighted by Crippen LogP contribution is 2.49. The summed E-state index contributed by atoms with van der Waals surface area (Å²) >= 11 is 3.63. The van der Waals surface area contributed by atoms with Crippen molar-refractivity contribution in [1.82, 2.24) is 0 Å². The third kappa shape index (κ3) is 1.28. The summed E-state index contributed by atoms with van der Waals surface area (Å²) in [6.45, 7) is 1.50. The van der Waals surface area contributed by atoms with E-state index in [9.17, 15) is 4.79 Å². The van der Waals surface area contributed by atoms with Gasteiger partial charge in [-0.2, -0.15) is 0 Å². The zero-order chi connectivity index (χ0) is 8.72. The van der Waals surface area contributed by atoms with Crippen LogP contribution in [0.2, 0.25) is 0 Å². The molecule has 0 spiro atoms. The Morgan fingerprint density at radius 2 is 2.25 bits per heavy atom. The van der Waals surface area contributed by atoms with Crippen LogP contribution in [0.4, 0.5) is 0 Å². The van der Waals surface area contributed by atoms with Gasteiger partial charge in [-0.1, -0.05) is 15.9 Å². The van der Waals surface area contributed by atoms with Crippen LogP contribution >= 0.6 is 15.9 Å². The van der Waals surface area contributed by atoms with Crippen molar-refractivity contribution in [2.24, 2.45) is 11.8 Å². The van der Waals surface area contributed by atoms with E-state index in [0.717, 1.165) is 0 Å². The first kappa shape index (κ1) is 8.54. The van der Waals surface area contributed by atoms with Gasteiger partial charge in [-0.05, 0) is 25.2 Å². The van der Waals surface area contributed by atoms with Crippen molar-refractivity contribution in [3.63, 3.8) is 0 Å². The maximum absolute atomic E-state index is 10.8. The lowest BCUT2D eigenvalue weighted by atomic mass is 10.0. The van der Waals surface area contributed by atoms with E-state index in [2.05, 4.69) is 15.9 Å². The molecular weight excluding hydrogens is 220 g/mol. The molecule has 0 aromatic carbocycles. The molecule has 2 aliphatic rings. The Kier molecular flexibility index (Phi) is 2.15. The topological polar surface area (TPSA) is 26.3 Å². The molecule has 68 valence electrons. The Labute approximate surface area is 80.8 Å². The van der Waals surface area contributed by atoms with Crippen LogP contribution in [0.25, 0.3) is 0 Å². The van der Waals surface area contributed by atoms with Crippen LogP contribution in [-0.4, -0.2) is 16.9 Å². The van der Waals surface area contributed by atoms with Gasteiger partial charge < -0.3 is 4.74 Å². The van der Waals surface area contributed by atoms with Crippen molar-refractivity contribution in [2.45, 2.75) is 37.1 Å². The summed E-state index contributed by atoms with van der Waals surface area (Å²) in [5.74, 6) is 1.08. The Morgan fingerprint density at radius 1 is 1.50 bits per heavy atom. The SMILES string of the molecule is CC(=O)OC1C2CCC1C(Br)C2. The van der Waals surface area contributed by atoms with Crippen molar-refractivity contribution < 1.29 is 9.53 Å². The van der Waals surface area contributed by atoms with E-state index in [1.807, 2.05) is 0 Å². The highest BCUT2D eigenvalue weighted by Gasteiger charge is 2.48. The Bertz CT molecular complexity index is 205. The number of carbonyl (C=O) groups excluding carboxylic acids is 1. The number of hydrogen-bond donors (Lipinski definition) is 0. The quantitative estimate of drug-likeness (QED) is 0.512. The number of alkyl halides is 1. The number of rotatable bonds is 1. The lowest BCUT2D eigenvalue weighted by Gasteiger charge is -2.16. The van der Waals surface area contributed by atoms with Crippen molar-refractivity contribution >= 4 is 21.9 Å². The molecule has 4 unspecified atom stereocenters. The van der Waals surface area contributed by atoms with Crippen molar-refractivity contribution in [2.75, 3.05) is 0 Å². The maximum Gasteiger partial charge on any atom is 0.302 e. The third-order valence-electron chi connectivity index (χ3n) is 3.05. The molecule has 2 saturated carbocycles. The summed E-state index contributed by atoms with van der Waals surface area (Å²) in [6.07, 6.45) is 3.86. The van der Waals surface area contributed by atoms with Crippen LogP contribution in [0.1, 0.15) is 26.2 Å². The number of fused-ring (bicyclic) bond motifs is 2. The second-order valence-corrected chi connectivity index (χ2v) is 5.00. The van der Waals surface area contributed by atoms with Crippen LogP contribution in [-0.2, 0) is 9.53 Å². The predicted octanol–water partition coefficient (Wildman–Crippen LogP) is 2.11. The number of carbonyl (C=O) groups is 1. The molecule has 4 atom stereocenters. The molecule has 0 amide bonds. The molecule has 0 N–H and O–H groups in total. The summed E-state index contributed by atoms with van der Waals surface area (Å²) in [7, 11) is 0. The van der Waals surface area contributed by atoms with E-state index in [0.29, 0.717) is 16.7 Å². The molecule has 12 heavy (non-hydrogen) atoms. The molecule has 0 aromatic heterocycles. The van der Waals surface area contributed by atoms with Crippen LogP contribution < -0.4 is 0 Å². The molecule has 2 fully saturated rings. The third-order valence-corrected chi connectivity index (χ3v) is 4.10. The molecule has 2 aliphatic carbocycles. The van der Waals surface area contributed by atoms with Crippen LogP contribution in [0.5, 0.6) is 0 Å². The van der Waals surface area contributed by atoms with E-state index >= 15 is 0 Å². The highest BCUT2D eigenvalue weighted by atomic mass is 79.9. The fourth-order valence-electron chi connectivity index (χ4n) is 2.56. The molecule has 3 heteroatoms. The van der Waals surface area contributed by atoms with Gasteiger partial charge in [0.15, 0.2) is 0 Å². The second kappa shape index (κ2) is 3.02. The minimum Gasteiger partial charge on any atom is -0.462 e. The van der Waals surface area contributed by atoms with Gasteiger partial charge >= 0.3 is 5.97 Å². The molecule has 2 rings (SSSR count). The molecule has 0 radical (unpaired) electrons. The Hall–Kier alpha value is -0.0500. The number of ether oxygens (including phenoxy) is 1. The molecule has 0 heterocycles.